The Labute approximate surface area is 108 Å². The van der Waals surface area contributed by atoms with E-state index in [1.54, 1.807) is 7.11 Å². The quantitative estimate of drug-likeness (QED) is 0.568. The van der Waals surface area contributed by atoms with E-state index in [4.69, 9.17) is 10.5 Å². The molecule has 0 fully saturated rings. The van der Waals surface area contributed by atoms with Gasteiger partial charge in [-0.05, 0) is 25.3 Å². The van der Waals surface area contributed by atoms with Gasteiger partial charge in [0.15, 0.2) is 0 Å². The molecule has 3 nitrogen and oxygen atoms in total. The van der Waals surface area contributed by atoms with Gasteiger partial charge in [-0.15, -0.1) is 0 Å². The van der Waals surface area contributed by atoms with Crippen LogP contribution in [0.25, 0.3) is 0 Å². The van der Waals surface area contributed by atoms with Crippen LogP contribution in [-0.2, 0) is 4.74 Å². The van der Waals surface area contributed by atoms with Crippen molar-refractivity contribution in [3.63, 3.8) is 0 Å². The molecule has 0 bridgehead atoms. The molecule has 0 aliphatic rings. The monoisotopic (exact) mass is 244 g/mol. The summed E-state index contributed by atoms with van der Waals surface area (Å²) in [5.74, 6) is 0.820. The van der Waals surface area contributed by atoms with Crippen LogP contribution in [0.2, 0.25) is 0 Å². The number of likely N-dealkylation sites (N-methyl/N-ethyl adjacent to an activating group) is 1. The highest BCUT2D eigenvalue weighted by molar-refractivity contribution is 4.70. The zero-order chi connectivity index (χ0) is 13.1. The summed E-state index contributed by atoms with van der Waals surface area (Å²) in [5, 5.41) is 0. The van der Waals surface area contributed by atoms with Crippen molar-refractivity contribution in [2.24, 2.45) is 11.7 Å². The molecule has 3 heteroatoms. The molecule has 0 radical (unpaired) electrons. The lowest BCUT2D eigenvalue weighted by atomic mass is 10.0. The van der Waals surface area contributed by atoms with Gasteiger partial charge in [-0.1, -0.05) is 33.6 Å². The molecule has 0 rings (SSSR count). The van der Waals surface area contributed by atoms with E-state index in [1.807, 2.05) is 0 Å². The Morgan fingerprint density at radius 2 is 1.76 bits per heavy atom. The smallest absolute Gasteiger partial charge is 0.0462 e. The van der Waals surface area contributed by atoms with E-state index in [0.717, 1.165) is 38.5 Å². The van der Waals surface area contributed by atoms with Gasteiger partial charge in [0.1, 0.15) is 0 Å². The van der Waals surface area contributed by atoms with Crippen LogP contribution in [0.3, 0.4) is 0 Å². The minimum Gasteiger partial charge on any atom is -0.385 e. The molecule has 0 heterocycles. The van der Waals surface area contributed by atoms with Crippen LogP contribution in [0.5, 0.6) is 0 Å². The Balaban J connectivity index is 3.85. The van der Waals surface area contributed by atoms with E-state index in [-0.39, 0.29) is 0 Å². The molecule has 17 heavy (non-hydrogen) atoms. The maximum Gasteiger partial charge on any atom is 0.0462 e. The topological polar surface area (TPSA) is 38.5 Å². The molecule has 0 spiro atoms. The maximum atomic E-state index is 6.15. The number of methoxy groups -OCH3 is 1. The third-order valence-electron chi connectivity index (χ3n) is 3.53. The van der Waals surface area contributed by atoms with Crippen molar-refractivity contribution in [3.05, 3.63) is 0 Å². The summed E-state index contributed by atoms with van der Waals surface area (Å²) in [7, 11) is 1.75. The zero-order valence-electron chi connectivity index (χ0n) is 12.2. The number of rotatable bonds is 11. The average molecular weight is 244 g/mol. The van der Waals surface area contributed by atoms with Gasteiger partial charge in [0, 0.05) is 32.8 Å². The van der Waals surface area contributed by atoms with E-state index in [1.165, 1.54) is 19.4 Å². The van der Waals surface area contributed by atoms with Crippen LogP contribution in [0.15, 0.2) is 0 Å². The molecule has 0 aromatic carbocycles. The molecule has 104 valence electrons. The first-order valence-corrected chi connectivity index (χ1v) is 7.14. The molecule has 1 atom stereocenters. The molecule has 2 N–H and O–H groups in total. The van der Waals surface area contributed by atoms with E-state index in [0.29, 0.717) is 6.04 Å². The molecule has 0 saturated heterocycles. The highest BCUT2D eigenvalue weighted by Crippen LogP contribution is 2.10. The second-order valence-electron chi connectivity index (χ2n) is 4.93. The Bertz CT molecular complexity index is 160. The molecule has 0 aliphatic carbocycles. The summed E-state index contributed by atoms with van der Waals surface area (Å²) in [6.07, 6.45) is 4.67. The molecule has 0 aliphatic heterocycles. The van der Waals surface area contributed by atoms with Crippen molar-refractivity contribution in [1.29, 1.82) is 0 Å². The Hall–Kier alpha value is -0.120. The van der Waals surface area contributed by atoms with Gasteiger partial charge >= 0.3 is 0 Å². The second-order valence-corrected chi connectivity index (χ2v) is 4.93. The fourth-order valence-corrected chi connectivity index (χ4v) is 2.16. The van der Waals surface area contributed by atoms with Crippen LogP contribution in [0, 0.1) is 5.92 Å². The molecule has 0 amide bonds. The van der Waals surface area contributed by atoms with Crippen LogP contribution in [0.1, 0.15) is 46.5 Å². The van der Waals surface area contributed by atoms with E-state index in [9.17, 15) is 0 Å². The van der Waals surface area contributed by atoms with Gasteiger partial charge in [0.25, 0.3) is 0 Å². The van der Waals surface area contributed by atoms with Crippen molar-refractivity contribution in [2.45, 2.75) is 52.5 Å². The van der Waals surface area contributed by atoms with Crippen LogP contribution in [-0.4, -0.2) is 44.3 Å². The maximum absolute atomic E-state index is 6.15. The SMILES string of the molecule is CCC(CC)CN(CC)CC(N)CCCOC. The van der Waals surface area contributed by atoms with Crippen molar-refractivity contribution >= 4 is 0 Å². The summed E-state index contributed by atoms with van der Waals surface area (Å²) >= 11 is 0. The van der Waals surface area contributed by atoms with Gasteiger partial charge in [-0.3, -0.25) is 0 Å². The van der Waals surface area contributed by atoms with Crippen molar-refractivity contribution in [2.75, 3.05) is 33.4 Å². The largest absolute Gasteiger partial charge is 0.385 e. The number of hydrogen-bond donors (Lipinski definition) is 1. The number of ether oxygens (including phenoxy) is 1. The van der Waals surface area contributed by atoms with E-state index in [2.05, 4.69) is 25.7 Å². The number of hydrogen-bond acceptors (Lipinski definition) is 3. The normalized spacial score (nSPS) is 13.6. The first-order chi connectivity index (χ1) is 8.17. The third-order valence-corrected chi connectivity index (χ3v) is 3.53. The minimum atomic E-state index is 0.291. The Morgan fingerprint density at radius 3 is 2.24 bits per heavy atom. The van der Waals surface area contributed by atoms with Gasteiger partial charge in [0.2, 0.25) is 0 Å². The minimum absolute atomic E-state index is 0.291. The van der Waals surface area contributed by atoms with Gasteiger partial charge < -0.3 is 15.4 Å². The van der Waals surface area contributed by atoms with Crippen LogP contribution < -0.4 is 5.73 Å². The highest BCUT2D eigenvalue weighted by atomic mass is 16.5. The Morgan fingerprint density at radius 1 is 1.12 bits per heavy atom. The van der Waals surface area contributed by atoms with Gasteiger partial charge in [-0.2, -0.15) is 0 Å². The summed E-state index contributed by atoms with van der Waals surface area (Å²) in [5.41, 5.74) is 6.15. The predicted molar refractivity (Wildman–Crippen MR) is 75.3 cm³/mol. The molecule has 1 unspecified atom stereocenters. The number of nitrogens with two attached hydrogens (primary N) is 1. The van der Waals surface area contributed by atoms with Gasteiger partial charge in [0.05, 0.1) is 0 Å². The fourth-order valence-electron chi connectivity index (χ4n) is 2.16. The fraction of sp³-hybridized carbons (Fsp3) is 1.00. The third kappa shape index (κ3) is 8.58. The predicted octanol–water partition coefficient (Wildman–Crippen LogP) is 2.50. The van der Waals surface area contributed by atoms with Gasteiger partial charge in [-0.25, -0.2) is 0 Å². The summed E-state index contributed by atoms with van der Waals surface area (Å²) < 4.78 is 5.05. The standard InChI is InChI=1S/C14H32N2O/c1-5-13(6-2)11-16(7-3)12-14(15)9-8-10-17-4/h13-14H,5-12,15H2,1-4H3. The average Bonchev–Trinajstić information content (AvgIpc) is 2.34. The molecular formula is C14H32N2O. The number of nitrogens with zero attached hydrogens (tertiary/aromatic N) is 1. The van der Waals surface area contributed by atoms with Crippen molar-refractivity contribution in [3.8, 4) is 0 Å². The molecular weight excluding hydrogens is 212 g/mol. The van der Waals surface area contributed by atoms with E-state index >= 15 is 0 Å². The van der Waals surface area contributed by atoms with Crippen LogP contribution in [0.4, 0.5) is 0 Å². The van der Waals surface area contributed by atoms with Crippen LogP contribution >= 0.6 is 0 Å². The summed E-state index contributed by atoms with van der Waals surface area (Å²) in [6, 6.07) is 0.291. The first-order valence-electron chi connectivity index (χ1n) is 7.14. The second kappa shape index (κ2) is 11.0. The first kappa shape index (κ1) is 16.9. The van der Waals surface area contributed by atoms with Crippen molar-refractivity contribution < 1.29 is 4.74 Å². The Kier molecular flexibility index (Phi) is 10.9. The summed E-state index contributed by atoms with van der Waals surface area (Å²) in [4.78, 5) is 2.50. The lowest BCUT2D eigenvalue weighted by Gasteiger charge is -2.27. The molecule has 0 saturated carbocycles. The van der Waals surface area contributed by atoms with Crippen molar-refractivity contribution in [1.82, 2.24) is 4.90 Å². The lowest BCUT2D eigenvalue weighted by Crippen LogP contribution is -2.40. The lowest BCUT2D eigenvalue weighted by molar-refractivity contribution is 0.181. The summed E-state index contributed by atoms with van der Waals surface area (Å²) in [6.45, 7) is 10.9. The molecule has 0 aromatic rings. The highest BCUT2D eigenvalue weighted by Gasteiger charge is 2.12. The molecule has 0 aromatic heterocycles. The zero-order valence-corrected chi connectivity index (χ0v) is 12.2. The van der Waals surface area contributed by atoms with E-state index < -0.39 is 0 Å².